The van der Waals surface area contributed by atoms with Crippen molar-refractivity contribution in [3.63, 3.8) is 0 Å². The highest BCUT2D eigenvalue weighted by molar-refractivity contribution is 4.88. The molecule has 0 aromatic rings. The first kappa shape index (κ1) is 9.48. The van der Waals surface area contributed by atoms with Gasteiger partial charge in [-0.1, -0.05) is 63.8 Å². The van der Waals surface area contributed by atoms with E-state index in [0.717, 1.165) is 0 Å². The molecule has 0 aliphatic heterocycles. The van der Waals surface area contributed by atoms with E-state index in [9.17, 15) is 0 Å². The smallest absolute Gasteiger partial charge is 0.0533 e. The predicted octanol–water partition coefficient (Wildman–Crippen LogP) is 3.70. The Labute approximate surface area is 64.6 Å². The minimum Gasteiger partial charge on any atom is -0.0991 e. The van der Waals surface area contributed by atoms with Crippen molar-refractivity contribution in [1.82, 2.24) is 0 Å². The van der Waals surface area contributed by atoms with Gasteiger partial charge in [-0.2, -0.15) is 0 Å². The number of hydrogen-bond acceptors (Lipinski definition) is 0. The lowest BCUT2D eigenvalue weighted by Crippen LogP contribution is -1.85. The molecule has 0 aromatic carbocycles. The van der Waals surface area contributed by atoms with Crippen LogP contribution in [0, 0.1) is 0 Å². The van der Waals surface area contributed by atoms with Crippen LogP contribution in [0.3, 0.4) is 0 Å². The predicted molar refractivity (Wildman–Crippen MR) is 48.1 cm³/mol. The molecule has 0 aromatic heterocycles. The van der Waals surface area contributed by atoms with E-state index in [-0.39, 0.29) is 0 Å². The highest BCUT2D eigenvalue weighted by Gasteiger charge is 1.95. The lowest BCUT2D eigenvalue weighted by Gasteiger charge is -2.05. The molecule has 0 unspecified atom stereocenters. The molecule has 0 bridgehead atoms. The van der Waals surface area contributed by atoms with E-state index >= 15 is 0 Å². The van der Waals surface area contributed by atoms with Gasteiger partial charge < -0.3 is 0 Å². The first-order valence-corrected chi connectivity index (χ1v) is 4.15. The molecule has 0 spiro atoms. The number of rotatable bonds is 1. The van der Waals surface area contributed by atoms with Crippen LogP contribution < -0.4 is 0 Å². The molecule has 1 rings (SSSR count). The second kappa shape index (κ2) is 8.48. The highest BCUT2D eigenvalue weighted by atomic mass is 14.0. The largest absolute Gasteiger partial charge is 0.0991 e. The van der Waals surface area contributed by atoms with E-state index in [1.165, 1.54) is 38.5 Å². The molecule has 1 aliphatic carbocycles. The second-order valence-corrected chi connectivity index (χ2v) is 2.59. The van der Waals surface area contributed by atoms with Crippen LogP contribution in [0.4, 0.5) is 0 Å². The average molecular weight is 138 g/mol. The fourth-order valence-electron chi connectivity index (χ4n) is 1.06. The van der Waals surface area contributed by atoms with Crippen molar-refractivity contribution in [3.8, 4) is 0 Å². The Morgan fingerprint density at radius 2 is 0.800 bits per heavy atom. The molecule has 0 N–H and O–H groups in total. The van der Waals surface area contributed by atoms with Crippen LogP contribution in [0.2, 0.25) is 0 Å². The first-order chi connectivity index (χ1) is 4.91. The van der Waals surface area contributed by atoms with E-state index < -0.39 is 0 Å². The van der Waals surface area contributed by atoms with Crippen LogP contribution >= 0.6 is 0 Å². The van der Waals surface area contributed by atoms with E-state index in [2.05, 4.69) is 13.2 Å². The second-order valence-electron chi connectivity index (χ2n) is 2.59. The van der Waals surface area contributed by atoms with Crippen LogP contribution in [0.25, 0.3) is 0 Å². The molecule has 0 amide bonds. The van der Waals surface area contributed by atoms with Gasteiger partial charge in [0.05, 0.1) is 0 Å². The third kappa shape index (κ3) is 7.48. The molecule has 0 radical (unpaired) electrons. The van der Waals surface area contributed by atoms with Crippen molar-refractivity contribution in [2.24, 2.45) is 0 Å². The fourth-order valence-corrected chi connectivity index (χ4v) is 1.06. The molecule has 58 valence electrons. The topological polar surface area (TPSA) is 0 Å². The van der Waals surface area contributed by atoms with Gasteiger partial charge in [0.25, 0.3) is 0 Å². The molecule has 0 heteroatoms. The molecule has 1 fully saturated rings. The summed E-state index contributed by atoms with van der Waals surface area (Å²) in [5, 5.41) is 0. The third-order valence-electron chi connectivity index (χ3n) is 1.67. The van der Waals surface area contributed by atoms with E-state index in [4.69, 9.17) is 0 Å². The summed E-state index contributed by atoms with van der Waals surface area (Å²) in [6.45, 7) is 6.72. The van der Waals surface area contributed by atoms with Crippen molar-refractivity contribution in [2.75, 3.05) is 0 Å². The molecule has 0 saturated heterocycles. The van der Waals surface area contributed by atoms with Crippen molar-refractivity contribution in [3.05, 3.63) is 25.3 Å². The summed E-state index contributed by atoms with van der Waals surface area (Å²) in [6.07, 6.45) is 12.3. The first-order valence-electron chi connectivity index (χ1n) is 4.15. The van der Waals surface area contributed by atoms with Gasteiger partial charge in [-0.05, 0) is 0 Å². The van der Waals surface area contributed by atoms with E-state index in [1.807, 2.05) is 0 Å². The minimum atomic E-state index is 1.50. The summed E-state index contributed by atoms with van der Waals surface area (Å²) in [4.78, 5) is 0. The van der Waals surface area contributed by atoms with Gasteiger partial charge in [-0.3, -0.25) is 0 Å². The molecule has 1 saturated carbocycles. The number of hydrogen-bond donors (Lipinski definition) is 0. The van der Waals surface area contributed by atoms with Crippen molar-refractivity contribution < 1.29 is 0 Å². The Balaban J connectivity index is 0.000000180. The zero-order valence-corrected chi connectivity index (χ0v) is 6.81. The van der Waals surface area contributed by atoms with Gasteiger partial charge in [0.1, 0.15) is 0 Å². The Morgan fingerprint density at radius 3 is 0.900 bits per heavy atom. The monoisotopic (exact) mass is 138 g/mol. The maximum Gasteiger partial charge on any atom is -0.0533 e. The van der Waals surface area contributed by atoms with Crippen LogP contribution in [-0.4, -0.2) is 0 Å². The summed E-state index contributed by atoms with van der Waals surface area (Å²) in [6, 6.07) is 0. The summed E-state index contributed by atoms with van der Waals surface area (Å²) >= 11 is 0. The number of allylic oxidation sites excluding steroid dienone is 2. The average Bonchev–Trinajstić information content (AvgIpc) is 2.08. The SMILES string of the molecule is C1CCCCC1.C=CC=C. The molecular weight excluding hydrogens is 120 g/mol. The standard InChI is InChI=1S/C6H12.C4H6/c1-2-4-6-5-3-1;1-3-4-2/h1-6H2;3-4H,1-2H2. The van der Waals surface area contributed by atoms with E-state index in [1.54, 1.807) is 12.2 Å². The molecule has 10 heavy (non-hydrogen) atoms. The molecule has 0 heterocycles. The van der Waals surface area contributed by atoms with Gasteiger partial charge in [-0.25, -0.2) is 0 Å². The maximum absolute atomic E-state index is 3.36. The lowest BCUT2D eigenvalue weighted by atomic mass is 10.0. The van der Waals surface area contributed by atoms with Gasteiger partial charge >= 0.3 is 0 Å². The minimum absolute atomic E-state index is 1.50. The van der Waals surface area contributed by atoms with Crippen molar-refractivity contribution in [2.45, 2.75) is 38.5 Å². The van der Waals surface area contributed by atoms with Gasteiger partial charge in [-0.15, -0.1) is 0 Å². The summed E-state index contributed by atoms with van der Waals surface area (Å²) in [7, 11) is 0. The maximum atomic E-state index is 3.36. The zero-order chi connectivity index (χ0) is 7.66. The quantitative estimate of drug-likeness (QED) is 0.485. The molecule has 0 nitrogen and oxygen atoms in total. The Morgan fingerprint density at radius 1 is 0.600 bits per heavy atom. The normalized spacial score (nSPS) is 16.4. The Bertz CT molecular complexity index is 60.5. The molecular formula is C10H18. The van der Waals surface area contributed by atoms with Crippen LogP contribution in [0.15, 0.2) is 25.3 Å². The summed E-state index contributed by atoms with van der Waals surface area (Å²) < 4.78 is 0. The van der Waals surface area contributed by atoms with Gasteiger partial charge in [0.2, 0.25) is 0 Å². The molecule has 0 atom stereocenters. The Kier molecular flexibility index (Phi) is 8.04. The highest BCUT2D eigenvalue weighted by Crippen LogP contribution is 2.15. The lowest BCUT2D eigenvalue weighted by molar-refractivity contribution is 0.504. The van der Waals surface area contributed by atoms with Crippen LogP contribution in [-0.2, 0) is 0 Å². The fraction of sp³-hybridized carbons (Fsp3) is 0.600. The zero-order valence-electron chi connectivity index (χ0n) is 6.81. The van der Waals surface area contributed by atoms with Crippen molar-refractivity contribution >= 4 is 0 Å². The van der Waals surface area contributed by atoms with Gasteiger partial charge in [0, 0.05) is 0 Å². The van der Waals surface area contributed by atoms with Crippen molar-refractivity contribution in [1.29, 1.82) is 0 Å². The van der Waals surface area contributed by atoms with E-state index in [0.29, 0.717) is 0 Å². The van der Waals surface area contributed by atoms with Crippen LogP contribution in [0.5, 0.6) is 0 Å². The molecule has 1 aliphatic rings. The Hall–Kier alpha value is -0.520. The van der Waals surface area contributed by atoms with Crippen LogP contribution in [0.1, 0.15) is 38.5 Å². The summed E-state index contributed by atoms with van der Waals surface area (Å²) in [5.74, 6) is 0. The summed E-state index contributed by atoms with van der Waals surface area (Å²) in [5.41, 5.74) is 0. The third-order valence-corrected chi connectivity index (χ3v) is 1.67. The van der Waals surface area contributed by atoms with Gasteiger partial charge in [0.15, 0.2) is 0 Å².